The summed E-state index contributed by atoms with van der Waals surface area (Å²) < 4.78 is 33.0. The molecular formula is C14H7KO5S. The zero-order chi connectivity index (χ0) is 14.5. The molecule has 1 aliphatic rings. The number of benzene rings is 2. The molecule has 0 saturated heterocycles. The van der Waals surface area contributed by atoms with Crippen molar-refractivity contribution in [2.24, 2.45) is 0 Å². The summed E-state index contributed by atoms with van der Waals surface area (Å²) in [7, 11) is -4.67. The van der Waals surface area contributed by atoms with Gasteiger partial charge in [0.25, 0.3) is 0 Å². The van der Waals surface area contributed by atoms with Gasteiger partial charge in [0.05, 0.1) is 4.90 Å². The third-order valence-electron chi connectivity index (χ3n) is 3.19. The third kappa shape index (κ3) is 2.82. The monoisotopic (exact) mass is 326 g/mol. The van der Waals surface area contributed by atoms with E-state index in [1.165, 1.54) is 12.1 Å². The Balaban J connectivity index is 0.00000161. The van der Waals surface area contributed by atoms with Gasteiger partial charge in [-0.15, -0.1) is 0 Å². The van der Waals surface area contributed by atoms with Gasteiger partial charge in [-0.25, -0.2) is 8.42 Å². The van der Waals surface area contributed by atoms with Crippen LogP contribution >= 0.6 is 0 Å². The fourth-order valence-corrected chi connectivity index (χ4v) is 2.76. The minimum absolute atomic E-state index is 0. The fraction of sp³-hybridized carbons (Fsp3) is 0. The summed E-state index contributed by atoms with van der Waals surface area (Å²) in [5.74, 6) is -1.50. The van der Waals surface area contributed by atoms with Crippen molar-refractivity contribution in [3.05, 3.63) is 53.6 Å². The van der Waals surface area contributed by atoms with Crippen LogP contribution in [0.2, 0.25) is 0 Å². The number of carbonyl (C=O) groups is 2. The summed E-state index contributed by atoms with van der Waals surface area (Å²) in [6.07, 6.45) is 0. The molecule has 0 fully saturated rings. The Morgan fingerprint density at radius 2 is 1.29 bits per heavy atom. The van der Waals surface area contributed by atoms with E-state index in [9.17, 15) is 22.6 Å². The Labute approximate surface area is 163 Å². The summed E-state index contributed by atoms with van der Waals surface area (Å²) in [4.78, 5) is 23.5. The smallest absolute Gasteiger partial charge is 0.744 e. The quantitative estimate of drug-likeness (QED) is 0.367. The molecule has 2 aromatic rings. The largest absolute Gasteiger partial charge is 1.00 e. The molecule has 0 radical (unpaired) electrons. The molecular weight excluding hydrogens is 319 g/mol. The van der Waals surface area contributed by atoms with E-state index in [1.807, 2.05) is 0 Å². The van der Waals surface area contributed by atoms with Crippen LogP contribution in [0.5, 0.6) is 0 Å². The number of ketones is 2. The van der Waals surface area contributed by atoms with Crippen molar-refractivity contribution >= 4 is 21.7 Å². The molecule has 0 N–H and O–H groups in total. The van der Waals surface area contributed by atoms with E-state index in [2.05, 4.69) is 0 Å². The first-order valence-electron chi connectivity index (χ1n) is 5.68. The van der Waals surface area contributed by atoms with E-state index >= 15 is 0 Å². The van der Waals surface area contributed by atoms with Gasteiger partial charge in [-0.05, 0) is 23.3 Å². The average molecular weight is 326 g/mol. The predicted octanol–water partition coefficient (Wildman–Crippen LogP) is -1.36. The van der Waals surface area contributed by atoms with Gasteiger partial charge in [0, 0.05) is 11.1 Å². The summed E-state index contributed by atoms with van der Waals surface area (Å²) in [6.45, 7) is 0. The number of carbonyl (C=O) groups excluding carboxylic acids is 2. The van der Waals surface area contributed by atoms with Crippen LogP contribution in [0.15, 0.2) is 47.4 Å². The first-order chi connectivity index (χ1) is 9.39. The van der Waals surface area contributed by atoms with Crippen molar-refractivity contribution in [2.45, 2.75) is 4.90 Å². The molecule has 2 aromatic carbocycles. The maximum Gasteiger partial charge on any atom is 1.00 e. The van der Waals surface area contributed by atoms with Gasteiger partial charge in [0.2, 0.25) is 11.6 Å². The molecule has 0 amide bonds. The first-order valence-corrected chi connectivity index (χ1v) is 7.09. The number of hydrogen-bond donors (Lipinski definition) is 0. The van der Waals surface area contributed by atoms with Gasteiger partial charge < -0.3 is 4.55 Å². The van der Waals surface area contributed by atoms with E-state index in [1.54, 1.807) is 18.2 Å². The Kier molecular flexibility index (Phi) is 4.65. The molecule has 0 heterocycles. The molecule has 0 bridgehead atoms. The maximum atomic E-state index is 12.0. The normalized spacial score (nSPS) is 13.2. The number of hydrogen-bond acceptors (Lipinski definition) is 5. The maximum absolute atomic E-state index is 12.0. The molecule has 0 aliphatic heterocycles. The van der Waals surface area contributed by atoms with Crippen LogP contribution < -0.4 is 51.4 Å². The van der Waals surface area contributed by atoms with Crippen LogP contribution in [0.3, 0.4) is 0 Å². The van der Waals surface area contributed by atoms with Gasteiger partial charge in [-0.3, -0.25) is 9.59 Å². The summed E-state index contributed by atoms with van der Waals surface area (Å²) in [5, 5.41) is 0. The number of rotatable bonds is 1. The van der Waals surface area contributed by atoms with Crippen molar-refractivity contribution in [3.8, 4) is 11.1 Å². The van der Waals surface area contributed by atoms with Crippen molar-refractivity contribution < 1.29 is 73.9 Å². The zero-order valence-electron chi connectivity index (χ0n) is 11.0. The van der Waals surface area contributed by atoms with Gasteiger partial charge in [-0.1, -0.05) is 30.3 Å². The second-order valence-corrected chi connectivity index (χ2v) is 5.74. The minimum Gasteiger partial charge on any atom is -0.744 e. The Bertz CT molecular complexity index is 871. The second kappa shape index (κ2) is 5.84. The minimum atomic E-state index is -4.67. The molecule has 0 unspecified atom stereocenters. The van der Waals surface area contributed by atoms with Crippen LogP contribution in [0.25, 0.3) is 11.1 Å². The zero-order valence-corrected chi connectivity index (χ0v) is 14.9. The molecule has 100 valence electrons. The molecule has 0 atom stereocenters. The van der Waals surface area contributed by atoms with Gasteiger partial charge in [0.1, 0.15) is 10.1 Å². The second-order valence-electron chi connectivity index (χ2n) is 4.37. The summed E-state index contributed by atoms with van der Waals surface area (Å²) in [6, 6.07) is 10.0. The third-order valence-corrected chi connectivity index (χ3v) is 4.02. The van der Waals surface area contributed by atoms with Crippen LogP contribution in [0, 0.1) is 0 Å². The predicted molar refractivity (Wildman–Crippen MR) is 68.5 cm³/mol. The Hall–Kier alpha value is -0.674. The van der Waals surface area contributed by atoms with Crippen molar-refractivity contribution in [3.63, 3.8) is 0 Å². The van der Waals surface area contributed by atoms with E-state index in [4.69, 9.17) is 0 Å². The molecule has 1 aliphatic carbocycles. The first kappa shape index (κ1) is 16.7. The molecule has 0 aromatic heterocycles. The van der Waals surface area contributed by atoms with Gasteiger partial charge in [-0.2, -0.15) is 0 Å². The van der Waals surface area contributed by atoms with Crippen LogP contribution in [-0.4, -0.2) is 24.5 Å². The van der Waals surface area contributed by atoms with Crippen molar-refractivity contribution in [2.75, 3.05) is 0 Å². The van der Waals surface area contributed by atoms with Crippen molar-refractivity contribution in [1.29, 1.82) is 0 Å². The molecule has 0 spiro atoms. The number of Topliss-reactive ketones (excluding diaryl/α,β-unsaturated/α-hetero) is 2. The van der Waals surface area contributed by atoms with E-state index in [-0.39, 0.29) is 62.5 Å². The van der Waals surface area contributed by atoms with Gasteiger partial charge >= 0.3 is 51.4 Å². The Morgan fingerprint density at radius 3 is 1.90 bits per heavy atom. The van der Waals surface area contributed by atoms with E-state index in [0.29, 0.717) is 11.1 Å². The van der Waals surface area contributed by atoms with Crippen LogP contribution in [-0.2, 0) is 10.1 Å². The molecule has 21 heavy (non-hydrogen) atoms. The summed E-state index contributed by atoms with van der Waals surface area (Å²) in [5.41, 5.74) is 1.24. The molecule has 7 heteroatoms. The Morgan fingerprint density at radius 1 is 0.762 bits per heavy atom. The van der Waals surface area contributed by atoms with Crippen LogP contribution in [0.4, 0.5) is 0 Å². The number of fused-ring (bicyclic) bond motifs is 3. The van der Waals surface area contributed by atoms with E-state index < -0.39 is 26.6 Å². The topological polar surface area (TPSA) is 91.3 Å². The SMILES string of the molecule is O=C1C(=O)c2cc(S(=O)(=O)[O-])ccc2-c2ccccc21.[K+]. The molecule has 0 saturated carbocycles. The average Bonchev–Trinajstić information content (AvgIpc) is 2.43. The standard InChI is InChI=1S/C14H8O5S.K/c15-13-11-4-2-1-3-9(11)10-6-5-8(20(17,18)19)7-12(10)14(13)16;/h1-7H,(H,17,18,19);/q;+1/p-1. The fourth-order valence-electron chi connectivity index (χ4n) is 2.26. The molecule has 5 nitrogen and oxygen atoms in total. The van der Waals surface area contributed by atoms with Crippen LogP contribution in [0.1, 0.15) is 20.7 Å². The van der Waals surface area contributed by atoms with E-state index in [0.717, 1.165) is 12.1 Å². The molecule has 3 rings (SSSR count). The van der Waals surface area contributed by atoms with Crippen molar-refractivity contribution in [1.82, 2.24) is 0 Å². The van der Waals surface area contributed by atoms with Gasteiger partial charge in [0.15, 0.2) is 0 Å². The summed E-state index contributed by atoms with van der Waals surface area (Å²) >= 11 is 0.